The molecule has 0 heterocycles. The van der Waals surface area contributed by atoms with Crippen molar-refractivity contribution in [1.82, 2.24) is 0 Å². The number of halogens is 2. The number of Topliss-reactive ketones (excluding diaryl/α,β-unsaturated/α-hetero) is 2. The van der Waals surface area contributed by atoms with E-state index in [0.717, 1.165) is 32.1 Å². The van der Waals surface area contributed by atoms with Crippen LogP contribution in [0.25, 0.3) is 0 Å². The molecule has 4 nitrogen and oxygen atoms in total. The van der Waals surface area contributed by atoms with Crippen molar-refractivity contribution in [3.05, 3.63) is 0 Å². The van der Waals surface area contributed by atoms with Crippen molar-refractivity contribution in [2.45, 2.75) is 87.9 Å². The second kappa shape index (κ2) is 7.15. The molecule has 0 unspecified atom stereocenters. The van der Waals surface area contributed by atoms with E-state index < -0.39 is 4.32 Å². The maximum absolute atomic E-state index is 12.7. The van der Waals surface area contributed by atoms with Crippen LogP contribution < -0.4 is 0 Å². The molecule has 0 aliphatic heterocycles. The molecule has 0 N–H and O–H groups in total. The van der Waals surface area contributed by atoms with Crippen LogP contribution in [-0.2, 0) is 19.1 Å². The summed E-state index contributed by atoms with van der Waals surface area (Å²) in [6.07, 6.45) is 5.92. The molecular weight excluding hydrogens is 500 g/mol. The Kier molecular flexibility index (Phi) is 5.42. The highest BCUT2D eigenvalue weighted by Crippen LogP contribution is 2.70. The topological polar surface area (TPSA) is 60.4 Å². The van der Waals surface area contributed by atoms with Gasteiger partial charge in [-0.25, -0.2) is 0 Å². The van der Waals surface area contributed by atoms with Crippen LogP contribution >= 0.6 is 31.9 Å². The predicted octanol–water partition coefficient (Wildman–Crippen LogP) is 5.24. The monoisotopic (exact) mass is 530 g/mol. The van der Waals surface area contributed by atoms with Gasteiger partial charge in [-0.2, -0.15) is 0 Å². The number of carbonyl (C=O) groups excluding carboxylic acids is 3. The maximum Gasteiger partial charge on any atom is 0.302 e. The highest BCUT2D eigenvalue weighted by molar-refractivity contribution is 9.10. The molecule has 0 bridgehead atoms. The van der Waals surface area contributed by atoms with Gasteiger partial charge in [0.1, 0.15) is 17.7 Å². The van der Waals surface area contributed by atoms with Crippen LogP contribution in [0.2, 0.25) is 0 Å². The third kappa shape index (κ3) is 2.97. The second-order valence-electron chi connectivity index (χ2n) is 10.5. The molecule has 29 heavy (non-hydrogen) atoms. The minimum Gasteiger partial charge on any atom is -0.462 e. The smallest absolute Gasteiger partial charge is 0.302 e. The Labute approximate surface area is 190 Å². The van der Waals surface area contributed by atoms with E-state index >= 15 is 0 Å². The van der Waals surface area contributed by atoms with E-state index in [4.69, 9.17) is 4.74 Å². The van der Waals surface area contributed by atoms with Crippen molar-refractivity contribution < 1.29 is 19.1 Å². The van der Waals surface area contributed by atoms with E-state index in [9.17, 15) is 14.4 Å². The molecule has 0 radical (unpaired) electrons. The molecule has 0 aromatic heterocycles. The summed E-state index contributed by atoms with van der Waals surface area (Å²) in [6, 6.07) is 0. The average Bonchev–Trinajstić information content (AvgIpc) is 2.90. The second-order valence-corrected chi connectivity index (χ2v) is 12.9. The summed E-state index contributed by atoms with van der Waals surface area (Å²) in [7, 11) is 0. The molecule has 4 rings (SSSR count). The Morgan fingerprint density at radius 2 is 1.76 bits per heavy atom. The third-order valence-electron chi connectivity index (χ3n) is 9.39. The largest absolute Gasteiger partial charge is 0.462 e. The van der Waals surface area contributed by atoms with E-state index in [1.165, 1.54) is 6.92 Å². The zero-order chi connectivity index (χ0) is 21.4. The lowest BCUT2D eigenvalue weighted by Crippen LogP contribution is -2.63. The first-order valence-electron chi connectivity index (χ1n) is 11.0. The summed E-state index contributed by atoms with van der Waals surface area (Å²) in [6.45, 7) is 7.75. The van der Waals surface area contributed by atoms with Gasteiger partial charge in [0.15, 0.2) is 0 Å². The number of ketones is 2. The first kappa shape index (κ1) is 22.0. The Morgan fingerprint density at radius 1 is 1.07 bits per heavy atom. The van der Waals surface area contributed by atoms with Crippen LogP contribution in [-0.4, -0.2) is 32.8 Å². The number of ether oxygens (including phenoxy) is 1. The zero-order valence-electron chi connectivity index (χ0n) is 17.8. The fourth-order valence-electron chi connectivity index (χ4n) is 8.06. The molecule has 0 saturated heterocycles. The quantitative estimate of drug-likeness (QED) is 0.361. The lowest BCUT2D eigenvalue weighted by molar-refractivity contribution is -0.191. The zero-order valence-corrected chi connectivity index (χ0v) is 21.0. The van der Waals surface area contributed by atoms with Gasteiger partial charge in [-0.15, -0.1) is 0 Å². The summed E-state index contributed by atoms with van der Waals surface area (Å²) in [5.41, 5.74) is -0.248. The van der Waals surface area contributed by atoms with E-state index in [1.54, 1.807) is 6.92 Å². The molecule has 6 heteroatoms. The maximum atomic E-state index is 12.7. The average molecular weight is 532 g/mol. The highest BCUT2D eigenvalue weighted by atomic mass is 79.9. The van der Waals surface area contributed by atoms with Crippen LogP contribution in [0.1, 0.15) is 72.6 Å². The molecule has 0 amide bonds. The van der Waals surface area contributed by atoms with Crippen molar-refractivity contribution in [3.63, 3.8) is 0 Å². The Morgan fingerprint density at radius 3 is 2.38 bits per heavy atom. The fourth-order valence-corrected chi connectivity index (χ4v) is 9.84. The summed E-state index contributed by atoms with van der Waals surface area (Å²) in [5.74, 6) is 1.65. The van der Waals surface area contributed by atoms with Gasteiger partial charge >= 0.3 is 5.97 Å². The van der Waals surface area contributed by atoms with Crippen LogP contribution in [0.4, 0.5) is 0 Å². The van der Waals surface area contributed by atoms with Crippen molar-refractivity contribution in [2.75, 3.05) is 0 Å². The van der Waals surface area contributed by atoms with Gasteiger partial charge in [0.2, 0.25) is 0 Å². The van der Waals surface area contributed by atoms with Gasteiger partial charge in [-0.1, -0.05) is 45.7 Å². The first-order chi connectivity index (χ1) is 13.5. The van der Waals surface area contributed by atoms with Gasteiger partial charge in [0.25, 0.3) is 0 Å². The van der Waals surface area contributed by atoms with Gasteiger partial charge in [0, 0.05) is 19.3 Å². The van der Waals surface area contributed by atoms with Crippen molar-refractivity contribution in [2.24, 2.45) is 34.5 Å². The van der Waals surface area contributed by atoms with Crippen LogP contribution in [0.3, 0.4) is 0 Å². The molecule has 4 aliphatic rings. The van der Waals surface area contributed by atoms with Crippen molar-refractivity contribution in [1.29, 1.82) is 0 Å². The van der Waals surface area contributed by atoms with E-state index in [0.29, 0.717) is 30.5 Å². The summed E-state index contributed by atoms with van der Waals surface area (Å²) in [4.78, 5) is 37.1. The molecule has 0 aromatic carbocycles. The minimum atomic E-state index is -0.535. The van der Waals surface area contributed by atoms with Gasteiger partial charge in [0.05, 0.1) is 9.15 Å². The highest BCUT2D eigenvalue weighted by Gasteiger charge is 2.69. The van der Waals surface area contributed by atoms with Crippen molar-refractivity contribution in [3.8, 4) is 0 Å². The summed E-state index contributed by atoms with van der Waals surface area (Å²) >= 11 is 7.59. The van der Waals surface area contributed by atoms with Gasteiger partial charge in [-0.3, -0.25) is 14.4 Å². The number of hydrogen-bond acceptors (Lipinski definition) is 4. The number of hydrogen-bond donors (Lipinski definition) is 0. The van der Waals surface area contributed by atoms with Gasteiger partial charge in [-0.05, 0) is 74.0 Å². The number of rotatable bonds is 2. The number of alkyl halides is 2. The van der Waals surface area contributed by atoms with Crippen LogP contribution in [0.15, 0.2) is 0 Å². The third-order valence-corrected chi connectivity index (χ3v) is 12.4. The minimum absolute atomic E-state index is 0.0276. The number of fused-ring (bicyclic) bond motifs is 5. The fraction of sp³-hybridized carbons (Fsp3) is 0.870. The molecule has 4 aliphatic carbocycles. The molecule has 4 saturated carbocycles. The molecular formula is C23H32Br2O4. The van der Waals surface area contributed by atoms with Crippen molar-refractivity contribution >= 4 is 49.4 Å². The molecule has 9 atom stereocenters. The van der Waals surface area contributed by atoms with Crippen LogP contribution in [0, 0.1) is 34.5 Å². The Bertz CT molecular complexity index is 753. The SMILES string of the molecule is CC(=O)O[C@@H]1C[C@]2(C)[C@H](CC[C@]2(Br)C(C)=O)[C@@H]2CC[C@@H]3[C@H](Br)C(=O)CC[C@]3(C)[C@H]21. The van der Waals surface area contributed by atoms with E-state index in [1.807, 2.05) is 0 Å². The van der Waals surface area contributed by atoms with Crippen LogP contribution in [0.5, 0.6) is 0 Å². The first-order valence-corrected chi connectivity index (χ1v) is 12.7. The standard InChI is InChI=1S/C23H32Br2O4/c1-12(26)23(25)10-7-15-14-5-6-16-20(24)17(28)8-9-21(16,3)19(14)18(29-13(2)27)11-22(15,23)4/h14-16,18-20H,5-11H2,1-4H3/t14-,15+,16+,18+,19+,20-,21-,22+,23-/m0/s1. The molecule has 4 fully saturated rings. The van der Waals surface area contributed by atoms with E-state index in [2.05, 4.69) is 45.7 Å². The molecule has 162 valence electrons. The lowest BCUT2D eigenvalue weighted by atomic mass is 9.44. The predicted molar refractivity (Wildman–Crippen MR) is 118 cm³/mol. The lowest BCUT2D eigenvalue weighted by Gasteiger charge is -2.63. The van der Waals surface area contributed by atoms with E-state index in [-0.39, 0.29) is 45.3 Å². The normalized spacial score (nSPS) is 51.6. The molecule has 0 aromatic rings. The summed E-state index contributed by atoms with van der Waals surface area (Å²) < 4.78 is 5.48. The number of carbonyl (C=O) groups is 3. The number of esters is 1. The Balaban J connectivity index is 1.78. The molecule has 0 spiro atoms. The van der Waals surface area contributed by atoms with Gasteiger partial charge < -0.3 is 4.74 Å². The summed E-state index contributed by atoms with van der Waals surface area (Å²) in [5, 5.41) is 0. The Hall–Kier alpha value is -0.230.